The molecule has 1 aliphatic heterocycles. The molecule has 0 spiro atoms. The van der Waals surface area contributed by atoms with Crippen molar-refractivity contribution in [3.63, 3.8) is 0 Å². The molecule has 0 aliphatic carbocycles. The fraction of sp³-hybridized carbons (Fsp3) is 0.760. The van der Waals surface area contributed by atoms with Crippen molar-refractivity contribution in [3.05, 3.63) is 11.6 Å². The summed E-state index contributed by atoms with van der Waals surface area (Å²) in [6, 6.07) is -0.106. The Kier molecular flexibility index (Phi) is 14.7. The first-order valence-corrected chi connectivity index (χ1v) is 12.0. The Balaban J connectivity index is 1.93. The predicted octanol–water partition coefficient (Wildman–Crippen LogP) is 4.36. The minimum Gasteiger partial charge on any atom is -0.465 e. The number of aliphatic hydroxyl groups is 1. The van der Waals surface area contributed by atoms with Crippen LogP contribution in [0.2, 0.25) is 0 Å². The van der Waals surface area contributed by atoms with Gasteiger partial charge in [-0.2, -0.15) is 0 Å². The van der Waals surface area contributed by atoms with Crippen molar-refractivity contribution in [3.8, 4) is 11.8 Å². The average Bonchev–Trinajstić information content (AvgIpc) is 3.08. The lowest BCUT2D eigenvalue weighted by molar-refractivity contribution is -0.151. The Morgan fingerprint density at radius 1 is 1.06 bits per heavy atom. The van der Waals surface area contributed by atoms with E-state index in [1.54, 1.807) is 0 Å². The molecule has 0 fully saturated rings. The molecule has 0 aromatic rings. The van der Waals surface area contributed by atoms with Gasteiger partial charge >= 0.3 is 11.9 Å². The van der Waals surface area contributed by atoms with Crippen LogP contribution >= 0.6 is 0 Å². The summed E-state index contributed by atoms with van der Waals surface area (Å²) >= 11 is 0. The van der Waals surface area contributed by atoms with Crippen molar-refractivity contribution < 1.29 is 24.2 Å². The number of aliphatic hydroxyl groups excluding tert-OH is 1. The number of rotatable bonds is 16. The van der Waals surface area contributed by atoms with Gasteiger partial charge in [-0.15, -0.1) is 0 Å². The molecule has 6 heteroatoms. The normalized spacial score (nSPS) is 16.5. The number of carbonyl (C=O) groups excluding carboxylic acids is 2. The summed E-state index contributed by atoms with van der Waals surface area (Å²) in [5.74, 6) is 5.19. The van der Waals surface area contributed by atoms with Crippen LogP contribution in [-0.4, -0.2) is 54.0 Å². The summed E-state index contributed by atoms with van der Waals surface area (Å²) < 4.78 is 10.1. The second-order valence-corrected chi connectivity index (χ2v) is 7.94. The van der Waals surface area contributed by atoms with Crippen LogP contribution in [0.4, 0.5) is 0 Å². The molecular formula is C25H41NO5. The highest BCUT2D eigenvalue weighted by atomic mass is 16.6. The van der Waals surface area contributed by atoms with Gasteiger partial charge in [0.2, 0.25) is 6.29 Å². The second kappa shape index (κ2) is 16.8. The van der Waals surface area contributed by atoms with E-state index in [1.807, 2.05) is 6.92 Å². The molecule has 2 atom stereocenters. The Morgan fingerprint density at radius 2 is 1.65 bits per heavy atom. The third kappa shape index (κ3) is 11.4. The lowest BCUT2D eigenvalue weighted by Gasteiger charge is -2.26. The van der Waals surface area contributed by atoms with Gasteiger partial charge in [0.05, 0.1) is 12.2 Å². The molecule has 1 heterocycles. The topological polar surface area (TPSA) is 76.1 Å². The van der Waals surface area contributed by atoms with Crippen LogP contribution in [0.15, 0.2) is 11.6 Å². The molecule has 6 nitrogen and oxygen atoms in total. The van der Waals surface area contributed by atoms with Gasteiger partial charge in [-0.05, 0) is 32.4 Å². The largest absolute Gasteiger partial charge is 0.465 e. The van der Waals surface area contributed by atoms with Crippen LogP contribution in [0, 0.1) is 11.8 Å². The fourth-order valence-corrected chi connectivity index (χ4v) is 3.73. The van der Waals surface area contributed by atoms with E-state index in [2.05, 4.69) is 35.3 Å². The molecule has 0 aromatic heterocycles. The number of likely N-dealkylation sites (N-methyl/N-ethyl adjacent to an activating group) is 1. The Morgan fingerprint density at radius 3 is 2.16 bits per heavy atom. The van der Waals surface area contributed by atoms with E-state index in [1.165, 1.54) is 38.2 Å². The SMILES string of the molecule is CCC(C(=O)OCCCCCCCCCCCC#CC1=CC(=O)OC1O)N(CC)CC. The Bertz CT molecular complexity index is 615. The van der Waals surface area contributed by atoms with E-state index in [9.17, 15) is 14.7 Å². The van der Waals surface area contributed by atoms with E-state index >= 15 is 0 Å². The summed E-state index contributed by atoms with van der Waals surface area (Å²) in [5, 5.41) is 9.41. The highest BCUT2D eigenvalue weighted by Crippen LogP contribution is 2.13. The summed E-state index contributed by atoms with van der Waals surface area (Å²) in [4.78, 5) is 25.3. The van der Waals surface area contributed by atoms with E-state index in [4.69, 9.17) is 4.74 Å². The zero-order valence-electron chi connectivity index (χ0n) is 19.7. The van der Waals surface area contributed by atoms with Gasteiger partial charge in [-0.1, -0.05) is 77.6 Å². The lowest BCUT2D eigenvalue weighted by Crippen LogP contribution is -2.41. The van der Waals surface area contributed by atoms with Crippen LogP contribution in [0.3, 0.4) is 0 Å². The molecule has 0 bridgehead atoms. The lowest BCUT2D eigenvalue weighted by atomic mass is 10.1. The molecule has 0 aromatic carbocycles. The van der Waals surface area contributed by atoms with Gasteiger partial charge in [-0.25, -0.2) is 4.79 Å². The first-order chi connectivity index (χ1) is 15.0. The van der Waals surface area contributed by atoms with Crippen LogP contribution in [0.25, 0.3) is 0 Å². The van der Waals surface area contributed by atoms with Gasteiger partial charge in [0, 0.05) is 12.5 Å². The van der Waals surface area contributed by atoms with Crippen molar-refractivity contribution in [1.82, 2.24) is 4.90 Å². The van der Waals surface area contributed by atoms with E-state index in [-0.39, 0.29) is 12.0 Å². The molecular weight excluding hydrogens is 394 g/mol. The van der Waals surface area contributed by atoms with E-state index in [0.29, 0.717) is 12.2 Å². The van der Waals surface area contributed by atoms with Crippen LogP contribution in [-0.2, 0) is 19.1 Å². The van der Waals surface area contributed by atoms with Gasteiger partial charge in [-0.3, -0.25) is 9.69 Å². The maximum Gasteiger partial charge on any atom is 0.334 e. The van der Waals surface area contributed by atoms with Crippen molar-refractivity contribution in [2.24, 2.45) is 0 Å². The molecule has 0 saturated carbocycles. The first kappa shape index (κ1) is 27.2. The van der Waals surface area contributed by atoms with Gasteiger partial charge in [0.1, 0.15) is 6.04 Å². The number of cyclic esters (lactones) is 1. The fourth-order valence-electron chi connectivity index (χ4n) is 3.73. The van der Waals surface area contributed by atoms with Gasteiger partial charge in [0.25, 0.3) is 0 Å². The number of esters is 2. The highest BCUT2D eigenvalue weighted by molar-refractivity contribution is 5.86. The smallest absolute Gasteiger partial charge is 0.334 e. The summed E-state index contributed by atoms with van der Waals surface area (Å²) in [6.07, 6.45) is 11.9. The van der Waals surface area contributed by atoms with Crippen molar-refractivity contribution >= 4 is 11.9 Å². The third-order valence-corrected chi connectivity index (χ3v) is 5.60. The molecule has 1 rings (SSSR count). The molecule has 0 amide bonds. The van der Waals surface area contributed by atoms with E-state index < -0.39 is 12.3 Å². The molecule has 176 valence electrons. The quantitative estimate of drug-likeness (QED) is 0.221. The van der Waals surface area contributed by atoms with Gasteiger partial charge < -0.3 is 14.6 Å². The predicted molar refractivity (Wildman–Crippen MR) is 122 cm³/mol. The molecule has 1 aliphatic rings. The monoisotopic (exact) mass is 435 g/mol. The molecule has 31 heavy (non-hydrogen) atoms. The maximum absolute atomic E-state index is 12.2. The Hall–Kier alpha value is -1.84. The number of hydrogen-bond acceptors (Lipinski definition) is 6. The average molecular weight is 436 g/mol. The van der Waals surface area contributed by atoms with E-state index in [0.717, 1.165) is 51.6 Å². The van der Waals surface area contributed by atoms with Crippen molar-refractivity contribution in [1.29, 1.82) is 0 Å². The summed E-state index contributed by atoms with van der Waals surface area (Å²) in [6.45, 7) is 8.47. The molecule has 0 radical (unpaired) electrons. The second-order valence-electron chi connectivity index (χ2n) is 7.94. The zero-order valence-corrected chi connectivity index (χ0v) is 19.7. The summed E-state index contributed by atoms with van der Waals surface area (Å²) in [7, 11) is 0. The third-order valence-electron chi connectivity index (χ3n) is 5.60. The number of nitrogens with zero attached hydrogens (tertiary/aromatic N) is 1. The minimum absolute atomic E-state index is 0.0751. The van der Waals surface area contributed by atoms with Crippen molar-refractivity contribution in [2.45, 2.75) is 104 Å². The van der Waals surface area contributed by atoms with Crippen LogP contribution in [0.5, 0.6) is 0 Å². The van der Waals surface area contributed by atoms with Crippen LogP contribution < -0.4 is 0 Å². The zero-order chi connectivity index (χ0) is 22.9. The minimum atomic E-state index is -1.19. The van der Waals surface area contributed by atoms with Gasteiger partial charge in [0.15, 0.2) is 0 Å². The number of hydrogen-bond donors (Lipinski definition) is 1. The Labute approximate surface area is 188 Å². The highest BCUT2D eigenvalue weighted by Gasteiger charge is 2.23. The first-order valence-electron chi connectivity index (χ1n) is 12.0. The molecule has 1 N–H and O–H groups in total. The standard InChI is InChI=1S/C25H41NO5/c1-4-22(26(5-2)6-3)25(29)30-19-17-15-13-11-9-7-8-10-12-14-16-18-21-20-23(27)31-24(21)28/h20,22,24,28H,4-15,17,19H2,1-3H3. The number of unbranched alkanes of at least 4 members (excludes halogenated alkanes) is 9. The molecule has 2 unspecified atom stereocenters. The van der Waals surface area contributed by atoms with Crippen molar-refractivity contribution in [2.75, 3.05) is 19.7 Å². The number of ether oxygens (including phenoxy) is 2. The maximum atomic E-state index is 12.2. The summed E-state index contributed by atoms with van der Waals surface area (Å²) in [5.41, 5.74) is 0.355. The van der Waals surface area contributed by atoms with Crippen LogP contribution in [0.1, 0.15) is 91.4 Å². The molecule has 0 saturated heterocycles. The number of carbonyl (C=O) groups is 2.